The van der Waals surface area contributed by atoms with E-state index in [9.17, 15) is 14.4 Å². The second-order valence-corrected chi connectivity index (χ2v) is 7.59. The summed E-state index contributed by atoms with van der Waals surface area (Å²) in [7, 11) is 0. The third-order valence-electron chi connectivity index (χ3n) is 5.59. The molecule has 1 aliphatic rings. The van der Waals surface area contributed by atoms with Crippen molar-refractivity contribution < 1.29 is 9.59 Å². The number of benzene rings is 2. The van der Waals surface area contributed by atoms with Crippen LogP contribution in [0.3, 0.4) is 0 Å². The van der Waals surface area contributed by atoms with Crippen molar-refractivity contribution in [2.24, 2.45) is 0 Å². The lowest BCUT2D eigenvalue weighted by atomic mass is 10.1. The molecule has 7 heteroatoms. The predicted octanol–water partition coefficient (Wildman–Crippen LogP) is 2.89. The number of nitrogens with one attached hydrogen (secondary N) is 1. The minimum Gasteiger partial charge on any atom is -0.339 e. The molecule has 1 N–H and O–H groups in total. The van der Waals surface area contributed by atoms with E-state index in [0.29, 0.717) is 28.0 Å². The quantitative estimate of drug-likeness (QED) is 0.725. The number of nitrogens with zero attached hydrogens (tertiary/aromatic N) is 3. The summed E-state index contributed by atoms with van der Waals surface area (Å²) in [5, 5.41) is 3.33. The Bertz CT molecular complexity index is 1190. The van der Waals surface area contributed by atoms with E-state index in [1.807, 2.05) is 17.9 Å². The van der Waals surface area contributed by atoms with E-state index in [-0.39, 0.29) is 23.9 Å². The average molecular weight is 404 g/mol. The van der Waals surface area contributed by atoms with Gasteiger partial charge < -0.3 is 10.2 Å². The molecule has 2 aromatic carbocycles. The van der Waals surface area contributed by atoms with Crippen molar-refractivity contribution in [3.8, 4) is 0 Å². The number of carbonyl (C=O) groups is 2. The van der Waals surface area contributed by atoms with Crippen LogP contribution < -0.4 is 10.9 Å². The van der Waals surface area contributed by atoms with Crippen molar-refractivity contribution in [2.45, 2.75) is 33.2 Å². The van der Waals surface area contributed by atoms with Gasteiger partial charge in [0.1, 0.15) is 12.4 Å². The molecule has 0 aliphatic carbocycles. The van der Waals surface area contributed by atoms with Crippen LogP contribution in [-0.2, 0) is 11.3 Å². The van der Waals surface area contributed by atoms with Gasteiger partial charge in [0, 0.05) is 24.3 Å². The number of fused-ring (bicyclic) bond motifs is 1. The van der Waals surface area contributed by atoms with E-state index < -0.39 is 0 Å². The van der Waals surface area contributed by atoms with Gasteiger partial charge in [-0.05, 0) is 56.5 Å². The minimum atomic E-state index is -0.342. The van der Waals surface area contributed by atoms with Crippen LogP contribution >= 0.6 is 0 Å². The molecular weight excluding hydrogens is 380 g/mol. The highest BCUT2D eigenvalue weighted by atomic mass is 16.2. The number of aryl methyl sites for hydroxylation is 1. The molecule has 0 unspecified atom stereocenters. The lowest BCUT2D eigenvalue weighted by Crippen LogP contribution is -2.31. The minimum absolute atomic E-state index is 0.00751. The van der Waals surface area contributed by atoms with Gasteiger partial charge in [-0.1, -0.05) is 18.2 Å². The summed E-state index contributed by atoms with van der Waals surface area (Å²) in [6, 6.07) is 12.4. The summed E-state index contributed by atoms with van der Waals surface area (Å²) >= 11 is 0. The van der Waals surface area contributed by atoms with Gasteiger partial charge in [0.15, 0.2) is 0 Å². The normalized spacial score (nSPS) is 13.6. The second kappa shape index (κ2) is 8.10. The molecule has 0 radical (unpaired) electrons. The van der Waals surface area contributed by atoms with Crippen molar-refractivity contribution in [1.82, 2.24) is 14.5 Å². The van der Waals surface area contributed by atoms with Gasteiger partial charge in [-0.25, -0.2) is 4.98 Å². The Balaban J connectivity index is 1.57. The standard InChI is InChI=1S/C23H24N4O3/c1-15-17(22(29)26-12-5-6-13-26)9-7-11-19(15)25-21(28)14-27-16(2)24-20-10-4-3-8-18(20)23(27)30/h3-4,7-11H,5-6,12-14H2,1-2H3,(H,25,28). The summed E-state index contributed by atoms with van der Waals surface area (Å²) < 4.78 is 1.37. The number of rotatable bonds is 4. The molecule has 2 heterocycles. The Morgan fingerprint density at radius 1 is 1.03 bits per heavy atom. The van der Waals surface area contributed by atoms with Crippen LogP contribution in [0.2, 0.25) is 0 Å². The Labute approximate surface area is 174 Å². The number of hydrogen-bond donors (Lipinski definition) is 1. The molecule has 1 aliphatic heterocycles. The lowest BCUT2D eigenvalue weighted by molar-refractivity contribution is -0.116. The number of para-hydroxylation sites is 1. The van der Waals surface area contributed by atoms with Crippen LogP contribution in [0.4, 0.5) is 5.69 Å². The fourth-order valence-electron chi connectivity index (χ4n) is 3.89. The molecule has 154 valence electrons. The summed E-state index contributed by atoms with van der Waals surface area (Å²) in [5.41, 5.74) is 2.26. The van der Waals surface area contributed by atoms with Gasteiger partial charge in [-0.3, -0.25) is 19.0 Å². The van der Waals surface area contributed by atoms with Crippen LogP contribution in [0, 0.1) is 13.8 Å². The Hall–Kier alpha value is -3.48. The first-order chi connectivity index (χ1) is 14.5. The first-order valence-electron chi connectivity index (χ1n) is 10.1. The number of aromatic nitrogens is 2. The van der Waals surface area contributed by atoms with Gasteiger partial charge >= 0.3 is 0 Å². The third-order valence-corrected chi connectivity index (χ3v) is 5.59. The molecule has 0 atom stereocenters. The van der Waals surface area contributed by atoms with E-state index in [4.69, 9.17) is 0 Å². The molecule has 1 fully saturated rings. The van der Waals surface area contributed by atoms with Gasteiger partial charge in [-0.2, -0.15) is 0 Å². The van der Waals surface area contributed by atoms with Crippen LogP contribution in [0.1, 0.15) is 34.6 Å². The number of hydrogen-bond acceptors (Lipinski definition) is 4. The summed E-state index contributed by atoms with van der Waals surface area (Å²) in [6.07, 6.45) is 2.05. The zero-order chi connectivity index (χ0) is 21.3. The molecule has 4 rings (SSSR count). The summed E-state index contributed by atoms with van der Waals surface area (Å²) in [6.45, 7) is 4.93. The number of likely N-dealkylation sites (tertiary alicyclic amines) is 1. The second-order valence-electron chi connectivity index (χ2n) is 7.59. The molecule has 3 aromatic rings. The maximum atomic E-state index is 12.8. The zero-order valence-electron chi connectivity index (χ0n) is 17.1. The SMILES string of the molecule is Cc1c(NC(=O)Cn2c(C)nc3ccccc3c2=O)cccc1C(=O)N1CCCC1. The van der Waals surface area contributed by atoms with Crippen molar-refractivity contribution in [1.29, 1.82) is 0 Å². The fraction of sp³-hybridized carbons (Fsp3) is 0.304. The third kappa shape index (κ3) is 3.70. The molecule has 1 aromatic heterocycles. The van der Waals surface area contributed by atoms with E-state index in [0.717, 1.165) is 31.5 Å². The Morgan fingerprint density at radius 3 is 2.53 bits per heavy atom. The first kappa shape index (κ1) is 19.8. The maximum absolute atomic E-state index is 12.8. The molecule has 0 spiro atoms. The van der Waals surface area contributed by atoms with E-state index in [2.05, 4.69) is 10.3 Å². The summed E-state index contributed by atoms with van der Waals surface area (Å²) in [5.74, 6) is 0.126. The van der Waals surface area contributed by atoms with Crippen molar-refractivity contribution in [3.05, 3.63) is 69.8 Å². The number of amides is 2. The monoisotopic (exact) mass is 404 g/mol. The van der Waals surface area contributed by atoms with Crippen molar-refractivity contribution in [3.63, 3.8) is 0 Å². The molecular formula is C23H24N4O3. The fourth-order valence-corrected chi connectivity index (χ4v) is 3.89. The van der Waals surface area contributed by atoms with E-state index >= 15 is 0 Å². The smallest absolute Gasteiger partial charge is 0.261 e. The van der Waals surface area contributed by atoms with Gasteiger partial charge in [0.2, 0.25) is 5.91 Å². The van der Waals surface area contributed by atoms with Crippen LogP contribution in [-0.4, -0.2) is 39.4 Å². The molecule has 0 saturated carbocycles. The van der Waals surface area contributed by atoms with Gasteiger partial charge in [0.05, 0.1) is 10.9 Å². The van der Waals surface area contributed by atoms with E-state index in [1.165, 1.54) is 4.57 Å². The highest BCUT2D eigenvalue weighted by Crippen LogP contribution is 2.22. The maximum Gasteiger partial charge on any atom is 0.261 e. The van der Waals surface area contributed by atoms with Gasteiger partial charge in [-0.15, -0.1) is 0 Å². The number of carbonyl (C=O) groups excluding carboxylic acids is 2. The van der Waals surface area contributed by atoms with Crippen LogP contribution in [0.25, 0.3) is 10.9 Å². The topological polar surface area (TPSA) is 84.3 Å². The highest BCUT2D eigenvalue weighted by Gasteiger charge is 2.22. The molecule has 1 saturated heterocycles. The summed E-state index contributed by atoms with van der Waals surface area (Å²) in [4.78, 5) is 44.5. The average Bonchev–Trinajstić information content (AvgIpc) is 3.27. The van der Waals surface area contributed by atoms with Crippen LogP contribution in [0.5, 0.6) is 0 Å². The van der Waals surface area contributed by atoms with Crippen molar-refractivity contribution in [2.75, 3.05) is 18.4 Å². The molecule has 2 amide bonds. The predicted molar refractivity (Wildman–Crippen MR) is 116 cm³/mol. The number of anilines is 1. The zero-order valence-corrected chi connectivity index (χ0v) is 17.1. The van der Waals surface area contributed by atoms with Crippen LogP contribution in [0.15, 0.2) is 47.3 Å². The first-order valence-corrected chi connectivity index (χ1v) is 10.1. The highest BCUT2D eigenvalue weighted by molar-refractivity contribution is 5.99. The lowest BCUT2D eigenvalue weighted by Gasteiger charge is -2.18. The van der Waals surface area contributed by atoms with E-state index in [1.54, 1.807) is 43.3 Å². The molecule has 7 nitrogen and oxygen atoms in total. The largest absolute Gasteiger partial charge is 0.339 e. The molecule has 0 bridgehead atoms. The Kier molecular flexibility index (Phi) is 5.35. The molecule has 30 heavy (non-hydrogen) atoms. The Morgan fingerprint density at radius 2 is 1.77 bits per heavy atom. The van der Waals surface area contributed by atoms with Crippen molar-refractivity contribution >= 4 is 28.4 Å². The van der Waals surface area contributed by atoms with Gasteiger partial charge in [0.25, 0.3) is 11.5 Å².